The van der Waals surface area contributed by atoms with E-state index in [1.807, 2.05) is 49.3 Å². The normalized spacial score (nSPS) is 15.1. The van der Waals surface area contributed by atoms with Crippen LogP contribution in [0.4, 0.5) is 11.9 Å². The fourth-order valence-corrected chi connectivity index (χ4v) is 3.29. The van der Waals surface area contributed by atoms with Crippen LogP contribution in [0.1, 0.15) is 11.4 Å². The summed E-state index contributed by atoms with van der Waals surface area (Å²) in [7, 11) is 0.0298. The molecule has 0 saturated carbocycles. The van der Waals surface area contributed by atoms with Crippen molar-refractivity contribution in [1.82, 2.24) is 19.7 Å². The van der Waals surface area contributed by atoms with Crippen molar-refractivity contribution in [3.63, 3.8) is 0 Å². The van der Waals surface area contributed by atoms with Gasteiger partial charge in [-0.25, -0.2) is 13.1 Å². The summed E-state index contributed by atoms with van der Waals surface area (Å²) in [5.41, 5.74) is 0.803. The molecular formula is C18H24N6O3S. The molecule has 0 amide bonds. The van der Waals surface area contributed by atoms with Gasteiger partial charge >= 0.3 is 0 Å². The van der Waals surface area contributed by atoms with E-state index in [1.54, 1.807) is 11.0 Å². The molecule has 10 heteroatoms. The molecule has 0 unspecified atom stereocenters. The maximum absolute atomic E-state index is 12.3. The fraction of sp³-hybridized carbons (Fsp3) is 0.389. The molecule has 9 nitrogen and oxygen atoms in total. The molecule has 150 valence electrons. The second kappa shape index (κ2) is 9.09. The van der Waals surface area contributed by atoms with Crippen LogP contribution in [0, 0.1) is 0 Å². The van der Waals surface area contributed by atoms with E-state index in [2.05, 4.69) is 19.7 Å². The topological polar surface area (TPSA) is 101 Å². The standard InChI is InChI=1S/C18H24N6O3S/c1-23(2)17-20-16(21-18(22-17)24-9-11-27-12-10-24)14-19-28(25,26)13-8-15-6-4-3-5-7-15/h3-8,13,19H,9-12,14H2,1-2H3/b13-8+. The van der Waals surface area contributed by atoms with Crippen LogP contribution in [0.25, 0.3) is 6.08 Å². The van der Waals surface area contributed by atoms with Gasteiger partial charge in [0.2, 0.25) is 21.9 Å². The number of hydrogen-bond donors (Lipinski definition) is 1. The predicted molar refractivity (Wildman–Crippen MR) is 108 cm³/mol. The summed E-state index contributed by atoms with van der Waals surface area (Å²) in [4.78, 5) is 17.0. The lowest BCUT2D eigenvalue weighted by Crippen LogP contribution is -2.38. The number of anilines is 2. The quantitative estimate of drug-likeness (QED) is 0.725. The zero-order valence-electron chi connectivity index (χ0n) is 15.9. The Hall–Kier alpha value is -2.56. The molecule has 0 radical (unpaired) electrons. The molecule has 1 aromatic carbocycles. The SMILES string of the molecule is CN(C)c1nc(CNS(=O)(=O)/C=C/c2ccccc2)nc(N2CCOCC2)n1. The number of nitrogens with zero attached hydrogens (tertiary/aromatic N) is 5. The monoisotopic (exact) mass is 404 g/mol. The first-order chi connectivity index (χ1) is 13.4. The first-order valence-corrected chi connectivity index (χ1v) is 10.5. The Bertz CT molecular complexity index is 912. The molecule has 0 spiro atoms. The van der Waals surface area contributed by atoms with Gasteiger partial charge in [-0.2, -0.15) is 15.0 Å². The van der Waals surface area contributed by atoms with E-state index in [-0.39, 0.29) is 6.54 Å². The lowest BCUT2D eigenvalue weighted by atomic mass is 10.2. The van der Waals surface area contributed by atoms with Crippen LogP contribution < -0.4 is 14.5 Å². The Morgan fingerprint density at radius 3 is 2.54 bits per heavy atom. The minimum Gasteiger partial charge on any atom is -0.378 e. The number of ether oxygens (including phenoxy) is 1. The maximum atomic E-state index is 12.3. The second-order valence-corrected chi connectivity index (χ2v) is 8.08. The molecule has 1 N–H and O–H groups in total. The van der Waals surface area contributed by atoms with E-state index in [1.165, 1.54) is 0 Å². The van der Waals surface area contributed by atoms with Gasteiger partial charge in [0, 0.05) is 32.6 Å². The van der Waals surface area contributed by atoms with E-state index in [9.17, 15) is 8.42 Å². The number of morpholine rings is 1. The summed E-state index contributed by atoms with van der Waals surface area (Å²) in [6, 6.07) is 9.23. The number of rotatable bonds is 7. The van der Waals surface area contributed by atoms with Gasteiger partial charge in [0.25, 0.3) is 0 Å². The van der Waals surface area contributed by atoms with Crippen LogP contribution in [-0.2, 0) is 21.3 Å². The van der Waals surface area contributed by atoms with Crippen LogP contribution >= 0.6 is 0 Å². The summed E-state index contributed by atoms with van der Waals surface area (Å²) in [5, 5.41) is 1.14. The average molecular weight is 404 g/mol. The molecule has 2 heterocycles. The van der Waals surface area contributed by atoms with E-state index < -0.39 is 10.0 Å². The van der Waals surface area contributed by atoms with Crippen LogP contribution in [0.5, 0.6) is 0 Å². The summed E-state index contributed by atoms with van der Waals surface area (Å²) in [6.07, 6.45) is 1.54. The molecule has 28 heavy (non-hydrogen) atoms. The molecule has 1 saturated heterocycles. The van der Waals surface area contributed by atoms with Gasteiger partial charge in [0.15, 0.2) is 5.82 Å². The van der Waals surface area contributed by atoms with Gasteiger partial charge in [-0.3, -0.25) is 0 Å². The van der Waals surface area contributed by atoms with Gasteiger partial charge in [-0.05, 0) is 11.6 Å². The zero-order chi connectivity index (χ0) is 20.0. The number of sulfonamides is 1. The van der Waals surface area contributed by atoms with E-state index in [0.717, 1.165) is 11.0 Å². The van der Waals surface area contributed by atoms with Crippen molar-refractivity contribution in [3.05, 3.63) is 47.1 Å². The van der Waals surface area contributed by atoms with Crippen molar-refractivity contribution in [2.24, 2.45) is 0 Å². The first-order valence-electron chi connectivity index (χ1n) is 8.91. The Labute approximate surface area is 165 Å². The molecule has 2 aromatic rings. The second-order valence-electron chi connectivity index (χ2n) is 6.43. The smallest absolute Gasteiger partial charge is 0.234 e. The first kappa shape index (κ1) is 20.2. The van der Waals surface area contributed by atoms with Gasteiger partial charge in [-0.1, -0.05) is 30.3 Å². The molecular weight excluding hydrogens is 380 g/mol. The van der Waals surface area contributed by atoms with Crippen molar-refractivity contribution in [3.8, 4) is 0 Å². The van der Waals surface area contributed by atoms with Crippen molar-refractivity contribution in [1.29, 1.82) is 0 Å². The lowest BCUT2D eigenvalue weighted by molar-refractivity contribution is 0.122. The molecule has 1 aliphatic heterocycles. The lowest BCUT2D eigenvalue weighted by Gasteiger charge is -2.27. The Morgan fingerprint density at radius 1 is 1.14 bits per heavy atom. The molecule has 1 aromatic heterocycles. The van der Waals surface area contributed by atoms with E-state index in [4.69, 9.17) is 4.74 Å². The predicted octanol–water partition coefficient (Wildman–Crippen LogP) is 0.865. The van der Waals surface area contributed by atoms with Crippen LogP contribution in [0.15, 0.2) is 35.7 Å². The molecule has 1 fully saturated rings. The summed E-state index contributed by atoms with van der Waals surface area (Å²) >= 11 is 0. The summed E-state index contributed by atoms with van der Waals surface area (Å²) in [5.74, 6) is 1.36. The van der Waals surface area contributed by atoms with E-state index >= 15 is 0 Å². The summed E-state index contributed by atoms with van der Waals surface area (Å²) < 4.78 is 32.4. The minimum atomic E-state index is -3.63. The van der Waals surface area contributed by atoms with Gasteiger partial charge in [0.05, 0.1) is 19.8 Å². The van der Waals surface area contributed by atoms with Crippen molar-refractivity contribution < 1.29 is 13.2 Å². The largest absolute Gasteiger partial charge is 0.378 e. The van der Waals surface area contributed by atoms with Crippen molar-refractivity contribution in [2.75, 3.05) is 50.2 Å². The van der Waals surface area contributed by atoms with Gasteiger partial charge < -0.3 is 14.5 Å². The Morgan fingerprint density at radius 2 is 1.86 bits per heavy atom. The Balaban J connectivity index is 1.73. The Kier molecular flexibility index (Phi) is 6.55. The van der Waals surface area contributed by atoms with Crippen molar-refractivity contribution >= 4 is 28.0 Å². The molecule has 3 rings (SSSR count). The highest BCUT2D eigenvalue weighted by Crippen LogP contribution is 2.14. The molecule has 1 aliphatic rings. The number of nitrogens with one attached hydrogen (secondary N) is 1. The molecule has 0 aliphatic carbocycles. The third-order valence-corrected chi connectivity index (χ3v) is 5.06. The van der Waals surface area contributed by atoms with Crippen LogP contribution in [0.3, 0.4) is 0 Å². The highest BCUT2D eigenvalue weighted by atomic mass is 32.2. The molecule has 0 atom stereocenters. The van der Waals surface area contributed by atoms with Crippen LogP contribution in [0.2, 0.25) is 0 Å². The van der Waals surface area contributed by atoms with Crippen molar-refractivity contribution in [2.45, 2.75) is 6.54 Å². The van der Waals surface area contributed by atoms with Gasteiger partial charge in [0.1, 0.15) is 0 Å². The number of aromatic nitrogens is 3. The third-order valence-electron chi connectivity index (χ3n) is 4.02. The number of benzene rings is 1. The third kappa shape index (κ3) is 5.72. The summed E-state index contributed by atoms with van der Waals surface area (Å²) in [6.45, 7) is 2.55. The van der Waals surface area contributed by atoms with Crippen LogP contribution in [-0.4, -0.2) is 63.8 Å². The minimum absolute atomic E-state index is 0.0256. The average Bonchev–Trinajstić information content (AvgIpc) is 2.72. The van der Waals surface area contributed by atoms with Gasteiger partial charge in [-0.15, -0.1) is 0 Å². The highest BCUT2D eigenvalue weighted by molar-refractivity contribution is 7.92. The van der Waals surface area contributed by atoms with E-state index in [0.29, 0.717) is 44.0 Å². The maximum Gasteiger partial charge on any atom is 0.234 e. The fourth-order valence-electron chi connectivity index (χ4n) is 2.52. The zero-order valence-corrected chi connectivity index (χ0v) is 16.8. The number of hydrogen-bond acceptors (Lipinski definition) is 8. The molecule has 0 bridgehead atoms. The highest BCUT2D eigenvalue weighted by Gasteiger charge is 2.18.